The summed E-state index contributed by atoms with van der Waals surface area (Å²) in [5.74, 6) is -0.346. The fraction of sp³-hybridized carbons (Fsp3) is 0.294. The van der Waals surface area contributed by atoms with Crippen LogP contribution in [0.15, 0.2) is 53.6 Å². The molecule has 7 heteroatoms. The summed E-state index contributed by atoms with van der Waals surface area (Å²) in [7, 11) is -3.64. The fourth-order valence-corrected chi connectivity index (χ4v) is 3.37. The summed E-state index contributed by atoms with van der Waals surface area (Å²) in [5, 5.41) is 2.73. The van der Waals surface area contributed by atoms with E-state index in [0.29, 0.717) is 6.42 Å². The van der Waals surface area contributed by atoms with Gasteiger partial charge in [0.1, 0.15) is 0 Å². The molecule has 1 aromatic carbocycles. The number of carbonyl (C=O) groups excluding carboxylic acids is 1. The van der Waals surface area contributed by atoms with Crippen LogP contribution >= 0.6 is 0 Å². The number of rotatable bonds is 7. The fourth-order valence-electron chi connectivity index (χ4n) is 2.00. The van der Waals surface area contributed by atoms with Gasteiger partial charge in [0.15, 0.2) is 0 Å². The Morgan fingerprint density at radius 3 is 2.67 bits per heavy atom. The number of hydrogen-bond donors (Lipinski definition) is 2. The lowest BCUT2D eigenvalue weighted by Crippen LogP contribution is -2.32. The molecule has 0 aliphatic rings. The molecular weight excluding hydrogens is 326 g/mol. The summed E-state index contributed by atoms with van der Waals surface area (Å²) in [6.07, 6.45) is 2.33. The van der Waals surface area contributed by atoms with E-state index in [4.69, 9.17) is 0 Å². The predicted molar refractivity (Wildman–Crippen MR) is 91.9 cm³/mol. The Morgan fingerprint density at radius 2 is 2.00 bits per heavy atom. The van der Waals surface area contributed by atoms with Crippen LogP contribution in [0.1, 0.15) is 36.3 Å². The summed E-state index contributed by atoms with van der Waals surface area (Å²) in [5.41, 5.74) is 1.02. The molecule has 0 aliphatic heterocycles. The van der Waals surface area contributed by atoms with Gasteiger partial charge in [0.05, 0.1) is 17.1 Å². The van der Waals surface area contributed by atoms with Crippen LogP contribution in [0.4, 0.5) is 0 Å². The summed E-state index contributed by atoms with van der Waals surface area (Å²) >= 11 is 0. The molecule has 0 saturated carbocycles. The number of nitrogens with zero attached hydrogens (tertiary/aromatic N) is 1. The quantitative estimate of drug-likeness (QED) is 0.803. The molecule has 2 N–H and O–H groups in total. The van der Waals surface area contributed by atoms with Crippen molar-refractivity contribution in [2.75, 3.05) is 0 Å². The van der Waals surface area contributed by atoms with E-state index in [1.165, 1.54) is 12.1 Å². The molecule has 1 aromatic heterocycles. The first-order valence-electron chi connectivity index (χ1n) is 7.73. The van der Waals surface area contributed by atoms with Crippen molar-refractivity contribution in [3.63, 3.8) is 0 Å². The minimum absolute atomic E-state index is 0.0771. The molecule has 2 aromatic rings. The Bertz CT molecular complexity index is 792. The number of aromatic nitrogens is 1. The molecule has 0 bridgehead atoms. The van der Waals surface area contributed by atoms with Crippen LogP contribution < -0.4 is 10.0 Å². The van der Waals surface area contributed by atoms with Crippen molar-refractivity contribution in [2.24, 2.45) is 0 Å². The number of sulfonamides is 1. The second-order valence-electron chi connectivity index (χ2n) is 5.46. The minimum atomic E-state index is -3.64. The van der Waals surface area contributed by atoms with Gasteiger partial charge < -0.3 is 5.32 Å². The average Bonchev–Trinajstić information content (AvgIpc) is 2.60. The van der Waals surface area contributed by atoms with E-state index in [9.17, 15) is 13.2 Å². The SMILES string of the molecule is CCC(C)NS(=O)(=O)c1cccc(C(=O)NCc2ccccn2)c1. The van der Waals surface area contributed by atoms with E-state index in [1.54, 1.807) is 37.4 Å². The van der Waals surface area contributed by atoms with Crippen molar-refractivity contribution >= 4 is 15.9 Å². The Kier molecular flexibility index (Phi) is 6.05. The first-order valence-corrected chi connectivity index (χ1v) is 9.21. The molecule has 24 heavy (non-hydrogen) atoms. The van der Waals surface area contributed by atoms with E-state index >= 15 is 0 Å². The van der Waals surface area contributed by atoms with Crippen LogP contribution in [0, 0.1) is 0 Å². The van der Waals surface area contributed by atoms with Crippen LogP contribution in [0.3, 0.4) is 0 Å². The van der Waals surface area contributed by atoms with Gasteiger partial charge in [-0.05, 0) is 43.7 Å². The van der Waals surface area contributed by atoms with Crippen molar-refractivity contribution < 1.29 is 13.2 Å². The number of amides is 1. The Labute approximate surface area is 142 Å². The highest BCUT2D eigenvalue weighted by molar-refractivity contribution is 7.89. The molecule has 0 radical (unpaired) electrons. The van der Waals surface area contributed by atoms with Crippen molar-refractivity contribution in [3.8, 4) is 0 Å². The molecule has 2 rings (SSSR count). The molecule has 1 unspecified atom stereocenters. The Morgan fingerprint density at radius 1 is 1.21 bits per heavy atom. The van der Waals surface area contributed by atoms with Gasteiger partial charge in [-0.25, -0.2) is 13.1 Å². The van der Waals surface area contributed by atoms with E-state index in [1.807, 2.05) is 13.0 Å². The molecule has 0 aliphatic carbocycles. The van der Waals surface area contributed by atoms with Gasteiger partial charge in [0.2, 0.25) is 10.0 Å². The Balaban J connectivity index is 2.10. The maximum Gasteiger partial charge on any atom is 0.251 e. The summed E-state index contributed by atoms with van der Waals surface area (Å²) in [6.45, 7) is 3.97. The number of hydrogen-bond acceptors (Lipinski definition) is 4. The van der Waals surface area contributed by atoms with Gasteiger partial charge >= 0.3 is 0 Å². The van der Waals surface area contributed by atoms with Crippen LogP contribution in [0.5, 0.6) is 0 Å². The van der Waals surface area contributed by atoms with E-state index in [2.05, 4.69) is 15.0 Å². The van der Waals surface area contributed by atoms with Crippen LogP contribution in [-0.2, 0) is 16.6 Å². The zero-order valence-electron chi connectivity index (χ0n) is 13.7. The van der Waals surface area contributed by atoms with Gasteiger partial charge in [-0.1, -0.05) is 19.1 Å². The van der Waals surface area contributed by atoms with E-state index < -0.39 is 10.0 Å². The van der Waals surface area contributed by atoms with Gasteiger partial charge in [0, 0.05) is 17.8 Å². The lowest BCUT2D eigenvalue weighted by molar-refractivity contribution is 0.0950. The lowest BCUT2D eigenvalue weighted by Gasteiger charge is -2.13. The number of benzene rings is 1. The smallest absolute Gasteiger partial charge is 0.251 e. The third-order valence-corrected chi connectivity index (χ3v) is 5.12. The third kappa shape index (κ3) is 4.87. The first-order chi connectivity index (χ1) is 11.4. The lowest BCUT2D eigenvalue weighted by atomic mass is 10.2. The van der Waals surface area contributed by atoms with Gasteiger partial charge in [-0.3, -0.25) is 9.78 Å². The molecule has 0 saturated heterocycles. The maximum atomic E-state index is 12.3. The third-order valence-electron chi connectivity index (χ3n) is 3.53. The summed E-state index contributed by atoms with van der Waals surface area (Å²) < 4.78 is 27.2. The van der Waals surface area contributed by atoms with Crippen LogP contribution in [0.25, 0.3) is 0 Å². The normalized spacial score (nSPS) is 12.6. The minimum Gasteiger partial charge on any atom is -0.346 e. The molecule has 1 atom stereocenters. The maximum absolute atomic E-state index is 12.3. The topological polar surface area (TPSA) is 88.2 Å². The summed E-state index contributed by atoms with van der Waals surface area (Å²) in [6, 6.07) is 11.2. The van der Waals surface area contributed by atoms with Crippen molar-refractivity contribution in [3.05, 3.63) is 59.9 Å². The largest absolute Gasteiger partial charge is 0.346 e. The molecule has 1 amide bonds. The number of nitrogens with one attached hydrogen (secondary N) is 2. The Hall–Kier alpha value is -2.25. The van der Waals surface area contributed by atoms with Gasteiger partial charge in [-0.15, -0.1) is 0 Å². The molecule has 0 fully saturated rings. The number of carbonyl (C=O) groups is 1. The van der Waals surface area contributed by atoms with Crippen molar-refractivity contribution in [1.29, 1.82) is 0 Å². The second-order valence-corrected chi connectivity index (χ2v) is 7.18. The second kappa shape index (κ2) is 8.03. The highest BCUT2D eigenvalue weighted by atomic mass is 32.2. The zero-order chi connectivity index (χ0) is 17.6. The molecular formula is C17H21N3O3S. The average molecular weight is 347 g/mol. The monoisotopic (exact) mass is 347 g/mol. The predicted octanol–water partition coefficient (Wildman–Crippen LogP) is 2.09. The highest BCUT2D eigenvalue weighted by Gasteiger charge is 2.18. The molecule has 1 heterocycles. The standard InChI is InChI=1S/C17H21N3O3S/c1-3-13(2)20-24(22,23)16-9-6-7-14(11-16)17(21)19-12-15-8-4-5-10-18-15/h4-11,13,20H,3,12H2,1-2H3,(H,19,21). The summed E-state index contributed by atoms with van der Waals surface area (Å²) in [4.78, 5) is 16.4. The van der Waals surface area contributed by atoms with E-state index in [0.717, 1.165) is 5.69 Å². The molecule has 0 spiro atoms. The number of pyridine rings is 1. The zero-order valence-corrected chi connectivity index (χ0v) is 14.5. The van der Waals surface area contributed by atoms with Crippen molar-refractivity contribution in [1.82, 2.24) is 15.0 Å². The highest BCUT2D eigenvalue weighted by Crippen LogP contribution is 2.13. The first kappa shape index (κ1) is 18.1. The molecule has 6 nitrogen and oxygen atoms in total. The van der Waals surface area contributed by atoms with Crippen LogP contribution in [-0.4, -0.2) is 25.4 Å². The van der Waals surface area contributed by atoms with Gasteiger partial charge in [0.25, 0.3) is 5.91 Å². The molecule has 128 valence electrons. The van der Waals surface area contributed by atoms with Crippen molar-refractivity contribution in [2.45, 2.75) is 37.8 Å². The van der Waals surface area contributed by atoms with Gasteiger partial charge in [-0.2, -0.15) is 0 Å². The van der Waals surface area contributed by atoms with E-state index in [-0.39, 0.29) is 29.0 Å². The van der Waals surface area contributed by atoms with Crippen LogP contribution in [0.2, 0.25) is 0 Å².